The van der Waals surface area contributed by atoms with Gasteiger partial charge in [-0.1, -0.05) is 17.7 Å². The van der Waals surface area contributed by atoms with Crippen LogP contribution in [0.1, 0.15) is 0 Å². The van der Waals surface area contributed by atoms with Crippen LogP contribution >= 0.6 is 11.6 Å². The summed E-state index contributed by atoms with van der Waals surface area (Å²) >= 11 is 6.07. The summed E-state index contributed by atoms with van der Waals surface area (Å²) < 4.78 is 4.72. The van der Waals surface area contributed by atoms with E-state index in [2.05, 4.69) is 4.98 Å². The van der Waals surface area contributed by atoms with E-state index in [9.17, 15) is 0 Å². The summed E-state index contributed by atoms with van der Waals surface area (Å²) in [5, 5.41) is 17.9. The fourth-order valence-electron chi connectivity index (χ4n) is 1.52. The van der Waals surface area contributed by atoms with Crippen LogP contribution in [0.2, 0.25) is 5.02 Å². The predicted octanol–water partition coefficient (Wildman–Crippen LogP) is 1.33. The zero-order valence-corrected chi connectivity index (χ0v) is 10.0. The van der Waals surface area contributed by atoms with Crippen molar-refractivity contribution < 1.29 is 14.7 Å². The van der Waals surface area contributed by atoms with Gasteiger partial charge in [-0.15, -0.1) is 0 Å². The summed E-state index contributed by atoms with van der Waals surface area (Å²) in [7, 11) is -1.89. The van der Waals surface area contributed by atoms with E-state index in [1.54, 1.807) is 30.5 Å². The van der Waals surface area contributed by atoms with E-state index in [-0.39, 0.29) is 5.75 Å². The second-order valence-corrected chi connectivity index (χ2v) is 4.00. The van der Waals surface area contributed by atoms with Gasteiger partial charge in [-0.2, -0.15) is 0 Å². The monoisotopic (exact) mass is 264 g/mol. The van der Waals surface area contributed by atoms with Gasteiger partial charge in [0.05, 0.1) is 11.2 Å². The lowest BCUT2D eigenvalue weighted by Gasteiger charge is -2.08. The van der Waals surface area contributed by atoms with Crippen molar-refractivity contribution in [1.29, 1.82) is 0 Å². The lowest BCUT2D eigenvalue weighted by atomic mass is 10.1. The molecule has 0 atom stereocenters. The second-order valence-electron chi connectivity index (χ2n) is 3.59. The number of hydrogen-bond donors (Lipinski definition) is 3. The average Bonchev–Trinajstić information content (AvgIpc) is 2.28. The third-order valence-corrected chi connectivity index (χ3v) is 2.57. The van der Waals surface area contributed by atoms with Crippen molar-refractivity contribution in [3.05, 3.63) is 41.7 Å². The molecule has 1 aromatic carbocycles. The number of nitrogen functional groups attached to an aromatic ring is 1. The van der Waals surface area contributed by atoms with Crippen LogP contribution in [-0.2, 0) is 0 Å². The first kappa shape index (κ1) is 12.7. The Balaban J connectivity index is 2.38. The minimum absolute atomic E-state index is 0.232. The molecule has 0 unspecified atom stereocenters. The van der Waals surface area contributed by atoms with Gasteiger partial charge in [0.25, 0.3) is 0 Å². The van der Waals surface area contributed by atoms with Gasteiger partial charge in [-0.05, 0) is 18.2 Å². The second kappa shape index (κ2) is 5.26. The first-order valence-electron chi connectivity index (χ1n) is 5.09. The summed E-state index contributed by atoms with van der Waals surface area (Å²) in [5.74, 6) is 0.232. The molecule has 0 aliphatic heterocycles. The average molecular weight is 264 g/mol. The van der Waals surface area contributed by atoms with E-state index >= 15 is 0 Å². The van der Waals surface area contributed by atoms with Crippen LogP contribution in [-0.4, -0.2) is 22.4 Å². The molecule has 4 N–H and O–H groups in total. The molecule has 0 fully saturated rings. The topological polar surface area (TPSA) is 88.6 Å². The molecule has 92 valence electrons. The zero-order valence-electron chi connectivity index (χ0n) is 9.25. The molecule has 0 bridgehead atoms. The maximum absolute atomic E-state index is 8.72. The van der Waals surface area contributed by atoms with Gasteiger partial charge < -0.3 is 20.4 Å². The van der Waals surface area contributed by atoms with Gasteiger partial charge in [0.1, 0.15) is 5.75 Å². The van der Waals surface area contributed by atoms with Crippen LogP contribution in [0.5, 0.6) is 5.75 Å². The van der Waals surface area contributed by atoms with Gasteiger partial charge in [-0.25, -0.2) is 0 Å². The highest BCUT2D eigenvalue weighted by Crippen LogP contribution is 2.30. The highest BCUT2D eigenvalue weighted by atomic mass is 35.5. The van der Waals surface area contributed by atoms with E-state index in [0.717, 1.165) is 5.56 Å². The lowest BCUT2D eigenvalue weighted by Crippen LogP contribution is -2.20. The molecule has 0 saturated heterocycles. The number of benzene rings is 1. The van der Waals surface area contributed by atoms with Crippen LogP contribution in [0.3, 0.4) is 0 Å². The van der Waals surface area contributed by atoms with Crippen molar-refractivity contribution in [2.45, 2.75) is 0 Å². The fourth-order valence-corrected chi connectivity index (χ4v) is 1.82. The summed E-state index contributed by atoms with van der Waals surface area (Å²) in [6.07, 6.45) is 2.96. The molecule has 0 spiro atoms. The van der Waals surface area contributed by atoms with E-state index < -0.39 is 7.32 Å². The minimum atomic E-state index is -1.89. The largest absolute Gasteiger partial charge is 0.707 e. The number of anilines is 1. The minimum Gasteiger partial charge on any atom is -0.511 e. The Bertz CT molecular complexity index is 566. The lowest BCUT2D eigenvalue weighted by molar-refractivity contribution is 0.288. The quantitative estimate of drug-likeness (QED) is 0.575. The highest BCUT2D eigenvalue weighted by molar-refractivity contribution is 6.34. The molecule has 1 heterocycles. The standard InChI is InChI=1S/C11H10BClN2O3/c13-11-4-8(14)1-2-10(11)7-3-9(6-15-5-7)18-12(16)17/h1-6,16-17H,14H2. The molecule has 7 heteroatoms. The highest BCUT2D eigenvalue weighted by Gasteiger charge is 2.12. The van der Waals surface area contributed by atoms with Crippen molar-refractivity contribution in [1.82, 2.24) is 4.98 Å². The summed E-state index contributed by atoms with van der Waals surface area (Å²) in [5.41, 5.74) is 7.60. The smallest absolute Gasteiger partial charge is 0.511 e. The number of halogens is 1. The van der Waals surface area contributed by atoms with Crippen LogP contribution < -0.4 is 10.4 Å². The number of nitrogens with two attached hydrogens (primary N) is 1. The summed E-state index contributed by atoms with van der Waals surface area (Å²) in [4.78, 5) is 3.94. The number of nitrogens with zero attached hydrogens (tertiary/aromatic N) is 1. The third kappa shape index (κ3) is 2.92. The van der Waals surface area contributed by atoms with Crippen LogP contribution in [0.25, 0.3) is 11.1 Å². The molecule has 0 saturated carbocycles. The normalized spacial score (nSPS) is 10.2. The van der Waals surface area contributed by atoms with E-state index in [1.807, 2.05) is 0 Å². The third-order valence-electron chi connectivity index (χ3n) is 2.26. The molecule has 1 aromatic heterocycles. The molecule has 0 amide bonds. The fraction of sp³-hybridized carbons (Fsp3) is 0. The predicted molar refractivity (Wildman–Crippen MR) is 69.9 cm³/mol. The molecule has 18 heavy (non-hydrogen) atoms. The number of hydrogen-bond acceptors (Lipinski definition) is 5. The van der Waals surface area contributed by atoms with E-state index in [1.165, 1.54) is 6.20 Å². The molecular formula is C11H10BClN2O3. The van der Waals surface area contributed by atoms with Gasteiger partial charge in [0, 0.05) is 23.0 Å². The van der Waals surface area contributed by atoms with E-state index in [0.29, 0.717) is 16.3 Å². The van der Waals surface area contributed by atoms with Crippen molar-refractivity contribution >= 4 is 24.6 Å². The molecule has 0 radical (unpaired) electrons. The Morgan fingerprint density at radius 3 is 2.67 bits per heavy atom. The van der Waals surface area contributed by atoms with Gasteiger partial charge in [0.2, 0.25) is 0 Å². The molecule has 2 aromatic rings. The Morgan fingerprint density at radius 1 is 1.22 bits per heavy atom. The SMILES string of the molecule is Nc1ccc(-c2cncc(OB(O)O)c2)c(Cl)c1. The Hall–Kier alpha value is -1.76. The number of pyridine rings is 1. The Morgan fingerprint density at radius 2 is 2.00 bits per heavy atom. The van der Waals surface area contributed by atoms with Crippen LogP contribution in [0.15, 0.2) is 36.7 Å². The van der Waals surface area contributed by atoms with E-state index in [4.69, 9.17) is 32.0 Å². The molecule has 5 nitrogen and oxygen atoms in total. The van der Waals surface area contributed by atoms with Crippen LogP contribution in [0.4, 0.5) is 5.69 Å². The molecule has 2 rings (SSSR count). The first-order valence-corrected chi connectivity index (χ1v) is 5.47. The van der Waals surface area contributed by atoms with Crippen molar-refractivity contribution in [2.24, 2.45) is 0 Å². The van der Waals surface area contributed by atoms with Crippen molar-refractivity contribution in [2.75, 3.05) is 5.73 Å². The van der Waals surface area contributed by atoms with Crippen LogP contribution in [0, 0.1) is 0 Å². The maximum atomic E-state index is 8.72. The maximum Gasteiger partial charge on any atom is 0.707 e. The molecular weight excluding hydrogens is 254 g/mol. The van der Waals surface area contributed by atoms with Crippen molar-refractivity contribution in [3.8, 4) is 16.9 Å². The molecule has 0 aliphatic rings. The first-order chi connectivity index (χ1) is 8.56. The number of aromatic nitrogens is 1. The number of rotatable bonds is 3. The zero-order chi connectivity index (χ0) is 13.1. The van der Waals surface area contributed by atoms with Gasteiger partial charge in [-0.3, -0.25) is 4.98 Å². The molecule has 0 aliphatic carbocycles. The Kier molecular flexibility index (Phi) is 3.71. The van der Waals surface area contributed by atoms with Gasteiger partial charge in [0.15, 0.2) is 0 Å². The summed E-state index contributed by atoms with van der Waals surface area (Å²) in [6, 6.07) is 6.71. The summed E-state index contributed by atoms with van der Waals surface area (Å²) in [6.45, 7) is 0. The Labute approximate surface area is 109 Å². The van der Waals surface area contributed by atoms with Crippen molar-refractivity contribution in [3.63, 3.8) is 0 Å². The van der Waals surface area contributed by atoms with Gasteiger partial charge >= 0.3 is 7.32 Å².